The number of ether oxygens (including phenoxy) is 1. The Hall–Kier alpha value is -1.38. The molecule has 1 aliphatic heterocycles. The third kappa shape index (κ3) is 5.49. The fourth-order valence-electron chi connectivity index (χ4n) is 2.11. The van der Waals surface area contributed by atoms with Gasteiger partial charge in [0.05, 0.1) is 19.0 Å². The van der Waals surface area contributed by atoms with Crippen LogP contribution in [0.2, 0.25) is 0 Å². The van der Waals surface area contributed by atoms with Crippen LogP contribution in [0.4, 0.5) is 0 Å². The maximum Gasteiger partial charge on any atom is 0.313 e. The Morgan fingerprint density at radius 2 is 2.14 bits per heavy atom. The van der Waals surface area contributed by atoms with E-state index < -0.39 is 5.97 Å². The lowest BCUT2D eigenvalue weighted by atomic mass is 10.3. The topological polar surface area (TPSA) is 84.7 Å². The summed E-state index contributed by atoms with van der Waals surface area (Å²) in [5, 5.41) is 9.19. The lowest BCUT2D eigenvalue weighted by molar-refractivity contribution is -0.133. The number of carboxylic acids is 1. The number of aliphatic carboxylic acids is 1. The van der Waals surface area contributed by atoms with Gasteiger partial charge in [0.15, 0.2) is 5.16 Å². The van der Waals surface area contributed by atoms with Gasteiger partial charge in [0.25, 0.3) is 5.56 Å². The first-order valence-electron chi connectivity index (χ1n) is 6.87. The zero-order valence-corrected chi connectivity index (χ0v) is 12.5. The summed E-state index contributed by atoms with van der Waals surface area (Å²) in [4.78, 5) is 28.2. The van der Waals surface area contributed by atoms with Crippen LogP contribution in [0.1, 0.15) is 6.42 Å². The Bertz CT molecular complexity index is 528. The van der Waals surface area contributed by atoms with Gasteiger partial charge in [-0.15, -0.1) is 0 Å². The molecule has 2 rings (SSSR count). The van der Waals surface area contributed by atoms with Gasteiger partial charge in [-0.1, -0.05) is 11.8 Å². The highest BCUT2D eigenvalue weighted by molar-refractivity contribution is 7.99. The van der Waals surface area contributed by atoms with Crippen molar-refractivity contribution < 1.29 is 14.6 Å². The van der Waals surface area contributed by atoms with Crippen LogP contribution >= 0.6 is 11.8 Å². The molecule has 8 heteroatoms. The zero-order chi connectivity index (χ0) is 15.1. The summed E-state index contributed by atoms with van der Waals surface area (Å²) < 4.78 is 7.14. The van der Waals surface area contributed by atoms with Gasteiger partial charge in [0, 0.05) is 38.4 Å². The molecule has 0 saturated carbocycles. The van der Waals surface area contributed by atoms with E-state index in [2.05, 4.69) is 9.88 Å². The Balaban J connectivity index is 1.88. The predicted molar refractivity (Wildman–Crippen MR) is 78.7 cm³/mol. The van der Waals surface area contributed by atoms with Gasteiger partial charge < -0.3 is 14.4 Å². The van der Waals surface area contributed by atoms with Gasteiger partial charge in [0.2, 0.25) is 0 Å². The third-order valence-corrected chi connectivity index (χ3v) is 4.13. The van der Waals surface area contributed by atoms with Crippen molar-refractivity contribution in [2.24, 2.45) is 0 Å². The molecule has 1 aromatic rings. The summed E-state index contributed by atoms with van der Waals surface area (Å²) in [5.41, 5.74) is -0.340. The standard InChI is InChI=1S/C13H19N3O4S/c17-11-2-5-16(13(14-11)21-10-12(18)19)4-1-3-15-6-8-20-9-7-15/h2,5H,1,3-4,6-10H2,(H,18,19). The molecule has 21 heavy (non-hydrogen) atoms. The van der Waals surface area contributed by atoms with E-state index in [1.54, 1.807) is 6.20 Å². The second-order valence-corrected chi connectivity index (χ2v) is 5.67. The van der Waals surface area contributed by atoms with Gasteiger partial charge in [-0.2, -0.15) is 4.98 Å². The highest BCUT2D eigenvalue weighted by Gasteiger charge is 2.11. The van der Waals surface area contributed by atoms with Gasteiger partial charge in [0.1, 0.15) is 0 Å². The number of aromatic nitrogens is 2. The van der Waals surface area contributed by atoms with Crippen molar-refractivity contribution >= 4 is 17.7 Å². The monoisotopic (exact) mass is 313 g/mol. The molecule has 116 valence electrons. The molecular weight excluding hydrogens is 294 g/mol. The normalized spacial score (nSPS) is 16.0. The van der Waals surface area contributed by atoms with Gasteiger partial charge >= 0.3 is 5.97 Å². The van der Waals surface area contributed by atoms with E-state index in [-0.39, 0.29) is 11.3 Å². The van der Waals surface area contributed by atoms with Crippen molar-refractivity contribution in [1.29, 1.82) is 0 Å². The minimum absolute atomic E-state index is 0.0973. The molecule has 0 bridgehead atoms. The first kappa shape index (κ1) is 16.0. The summed E-state index contributed by atoms with van der Waals surface area (Å²) in [6.45, 7) is 5.12. The van der Waals surface area contributed by atoms with Crippen molar-refractivity contribution in [2.45, 2.75) is 18.1 Å². The molecule has 0 aromatic carbocycles. The summed E-state index contributed by atoms with van der Waals surface area (Å²) in [5.74, 6) is -1.02. The number of morpholine rings is 1. The van der Waals surface area contributed by atoms with Gasteiger partial charge in [-0.3, -0.25) is 14.5 Å². The van der Waals surface area contributed by atoms with Crippen LogP contribution in [0, 0.1) is 0 Å². The summed E-state index contributed by atoms with van der Waals surface area (Å²) in [6, 6.07) is 1.40. The second kappa shape index (κ2) is 8.16. The van der Waals surface area contributed by atoms with E-state index in [1.807, 2.05) is 4.57 Å². The zero-order valence-electron chi connectivity index (χ0n) is 11.7. The first-order chi connectivity index (χ1) is 10.1. The fraction of sp³-hybridized carbons (Fsp3) is 0.615. The van der Waals surface area contributed by atoms with Crippen molar-refractivity contribution in [3.63, 3.8) is 0 Å². The van der Waals surface area contributed by atoms with Crippen LogP contribution in [0.25, 0.3) is 0 Å². The predicted octanol–water partition coefficient (Wildman–Crippen LogP) is 0.142. The average Bonchev–Trinajstić information content (AvgIpc) is 2.48. The average molecular weight is 313 g/mol. The molecule has 1 aliphatic rings. The van der Waals surface area contributed by atoms with Gasteiger partial charge in [-0.25, -0.2) is 0 Å². The maximum absolute atomic E-state index is 11.3. The first-order valence-corrected chi connectivity index (χ1v) is 7.86. The largest absolute Gasteiger partial charge is 0.481 e. The summed E-state index contributed by atoms with van der Waals surface area (Å²) in [6.07, 6.45) is 2.60. The molecule has 1 fully saturated rings. The molecular formula is C13H19N3O4S. The van der Waals surface area contributed by atoms with E-state index in [0.717, 1.165) is 51.0 Å². The van der Waals surface area contributed by atoms with Crippen molar-refractivity contribution in [3.8, 4) is 0 Å². The molecule has 1 saturated heterocycles. The number of thioether (sulfide) groups is 1. The van der Waals surface area contributed by atoms with Crippen LogP contribution in [0.3, 0.4) is 0 Å². The molecule has 1 N–H and O–H groups in total. The molecule has 0 amide bonds. The van der Waals surface area contributed by atoms with E-state index in [9.17, 15) is 9.59 Å². The van der Waals surface area contributed by atoms with Crippen LogP contribution in [0.15, 0.2) is 22.2 Å². The Labute approximate surface area is 126 Å². The molecule has 1 aromatic heterocycles. The maximum atomic E-state index is 11.3. The molecule has 2 heterocycles. The summed E-state index contributed by atoms with van der Waals surface area (Å²) >= 11 is 1.07. The quantitative estimate of drug-likeness (QED) is 0.566. The summed E-state index contributed by atoms with van der Waals surface area (Å²) in [7, 11) is 0. The van der Waals surface area contributed by atoms with Crippen LogP contribution in [-0.4, -0.2) is 64.1 Å². The number of hydrogen-bond donors (Lipinski definition) is 1. The van der Waals surface area contributed by atoms with Crippen molar-refractivity contribution in [2.75, 3.05) is 38.6 Å². The Kier molecular flexibility index (Phi) is 6.21. The highest BCUT2D eigenvalue weighted by atomic mass is 32.2. The minimum Gasteiger partial charge on any atom is -0.481 e. The number of rotatable bonds is 7. The van der Waals surface area contributed by atoms with E-state index in [1.165, 1.54) is 6.07 Å². The smallest absolute Gasteiger partial charge is 0.313 e. The molecule has 0 spiro atoms. The SMILES string of the molecule is O=C(O)CSc1nc(=O)ccn1CCCN1CCOCC1. The number of nitrogens with zero attached hydrogens (tertiary/aromatic N) is 3. The van der Waals surface area contributed by atoms with Crippen LogP contribution in [-0.2, 0) is 16.1 Å². The van der Waals surface area contributed by atoms with Crippen LogP contribution in [0.5, 0.6) is 0 Å². The van der Waals surface area contributed by atoms with E-state index in [0.29, 0.717) is 11.7 Å². The van der Waals surface area contributed by atoms with Crippen molar-refractivity contribution in [3.05, 3.63) is 22.6 Å². The molecule has 0 radical (unpaired) electrons. The fourth-order valence-corrected chi connectivity index (χ4v) is 2.84. The number of carboxylic acid groups (broad SMARTS) is 1. The molecule has 0 atom stereocenters. The molecule has 0 unspecified atom stereocenters. The highest BCUT2D eigenvalue weighted by Crippen LogP contribution is 2.14. The van der Waals surface area contributed by atoms with E-state index >= 15 is 0 Å². The lowest BCUT2D eigenvalue weighted by Gasteiger charge is -2.26. The molecule has 0 aliphatic carbocycles. The number of hydrogen-bond acceptors (Lipinski definition) is 6. The Morgan fingerprint density at radius 3 is 2.86 bits per heavy atom. The van der Waals surface area contributed by atoms with Crippen LogP contribution < -0.4 is 5.56 Å². The minimum atomic E-state index is -0.919. The third-order valence-electron chi connectivity index (χ3n) is 3.15. The van der Waals surface area contributed by atoms with E-state index in [4.69, 9.17) is 9.84 Å². The lowest BCUT2D eigenvalue weighted by Crippen LogP contribution is -2.37. The van der Waals surface area contributed by atoms with Crippen molar-refractivity contribution in [1.82, 2.24) is 14.5 Å². The number of carbonyl (C=O) groups is 1. The molecule has 7 nitrogen and oxygen atoms in total. The second-order valence-electron chi connectivity index (χ2n) is 4.73. The van der Waals surface area contributed by atoms with Gasteiger partial charge in [-0.05, 0) is 6.42 Å². The Morgan fingerprint density at radius 1 is 1.38 bits per heavy atom. The number of aryl methyl sites for hydroxylation is 1.